The zero-order valence-electron chi connectivity index (χ0n) is 47.9. The van der Waals surface area contributed by atoms with Crippen LogP contribution in [0.15, 0.2) is 24.5 Å². The van der Waals surface area contributed by atoms with Crippen LogP contribution in [0.3, 0.4) is 0 Å². The van der Waals surface area contributed by atoms with Crippen molar-refractivity contribution in [1.82, 2.24) is 24.5 Å². The molecule has 4 aliphatic carbocycles. The molecule has 7 saturated heterocycles. The Balaban J connectivity index is 0.000000145. The number of nitrogens with zero attached hydrogens (tertiary/aromatic N) is 5. The number of ketones is 2. The lowest BCUT2D eigenvalue weighted by Crippen LogP contribution is -2.57. The summed E-state index contributed by atoms with van der Waals surface area (Å²) >= 11 is 0. The third kappa shape index (κ3) is 14.0. The van der Waals surface area contributed by atoms with Crippen LogP contribution < -0.4 is 0 Å². The lowest BCUT2D eigenvalue weighted by atomic mass is 9.67. The van der Waals surface area contributed by atoms with Gasteiger partial charge in [0, 0.05) is 101 Å². The first-order valence-electron chi connectivity index (χ1n) is 29.3. The van der Waals surface area contributed by atoms with Crippen LogP contribution in [-0.4, -0.2) is 149 Å². The number of rotatable bonds is 14. The van der Waals surface area contributed by atoms with Crippen LogP contribution in [0.2, 0.25) is 0 Å². The second kappa shape index (κ2) is 24.7. The minimum Gasteiger partial charge on any atom is -0.511 e. The summed E-state index contributed by atoms with van der Waals surface area (Å²) in [6.07, 6.45) is 18.1. The Labute approximate surface area is 434 Å². The summed E-state index contributed by atoms with van der Waals surface area (Å²) in [5.74, 6) is 7.07. The van der Waals surface area contributed by atoms with E-state index in [-0.39, 0.29) is 16.9 Å². The maximum Gasteiger partial charge on any atom is 0.313 e. The van der Waals surface area contributed by atoms with E-state index in [0.717, 1.165) is 75.4 Å². The Morgan fingerprint density at radius 2 is 1.20 bits per heavy atom. The third-order valence-electron chi connectivity index (χ3n) is 18.9. The molecule has 71 heavy (non-hydrogen) atoms. The van der Waals surface area contributed by atoms with E-state index >= 15 is 0 Å². The van der Waals surface area contributed by atoms with E-state index in [1.54, 1.807) is 13.8 Å². The number of hydrogen-bond acceptors (Lipinski definition) is 10. The van der Waals surface area contributed by atoms with Crippen LogP contribution >= 0.6 is 0 Å². The summed E-state index contributed by atoms with van der Waals surface area (Å²) in [4.78, 5) is 47.6. The SMILES string of the molecule is C=C(O)C12CCC(CC1)N2CC(C)C.C=C1CCC2(C1)CN(CC(C)C)C2.CC(=O)C1C2CCC1N(CC(C)C)C2.CC(=O)C1CC2CC1N(CC(C)C)C2.COC(=O)C12CCC(CC1)N(CC(C)C)C2. The van der Waals surface area contributed by atoms with Gasteiger partial charge in [0.05, 0.1) is 18.1 Å². The van der Waals surface area contributed by atoms with Crippen molar-refractivity contribution in [2.45, 2.75) is 209 Å². The lowest BCUT2D eigenvalue weighted by Gasteiger charge is -2.51. The number of piperidine rings is 4. The second-order valence-electron chi connectivity index (χ2n) is 27.4. The Hall–Kier alpha value is -2.11. The lowest BCUT2D eigenvalue weighted by molar-refractivity contribution is -0.163. The van der Waals surface area contributed by atoms with Gasteiger partial charge in [-0.15, -0.1) is 0 Å². The van der Waals surface area contributed by atoms with Crippen molar-refractivity contribution >= 4 is 17.5 Å². The minimum absolute atomic E-state index is 0.0133. The number of likely N-dealkylation sites (tertiary alicyclic amines) is 3. The van der Waals surface area contributed by atoms with E-state index in [4.69, 9.17) is 4.74 Å². The molecule has 11 fully saturated rings. The standard InChI is InChI=1S/C13H23NO2.3C12H21NO.C12H21N/c1-10(2)8-14-9-13(12(15)16-3)6-4-11(14)5-7-13;1-8(2)6-13-7-10-4-11(9(3)14)12(13)5-10;1-9(2)8-13-11-4-6-12(13,7-5-11)10(3)14;1-8(2)6-13-7-10-4-5-11(13)12(10)9(3)14;1-10(2)7-13-8-12(9-13)5-4-11(3)6-12/h10-11H,4-9H2,1-3H3;8,10-12H,4-7H2,1-3H3;9,11,14H,3-8H2,1-2H3;8,10-12H,4-7H2,1-3H3;10H,3-9H2,1-2H3. The summed E-state index contributed by atoms with van der Waals surface area (Å²) in [5, 5.41) is 9.78. The average Bonchev–Trinajstić information content (AvgIpc) is 4.17. The summed E-state index contributed by atoms with van der Waals surface area (Å²) in [7, 11) is 1.52. The van der Waals surface area contributed by atoms with E-state index in [1.807, 2.05) is 0 Å². The average molecular weight is 991 g/mol. The molecule has 8 bridgehead atoms. The Bertz CT molecular complexity index is 1780. The van der Waals surface area contributed by atoms with Crippen LogP contribution in [0.25, 0.3) is 0 Å². The maximum atomic E-state index is 11.9. The summed E-state index contributed by atoms with van der Waals surface area (Å²) in [5.41, 5.74) is 1.93. The molecule has 10 heteroatoms. The van der Waals surface area contributed by atoms with E-state index in [0.29, 0.717) is 76.5 Å². The van der Waals surface area contributed by atoms with Gasteiger partial charge in [0.2, 0.25) is 0 Å². The summed E-state index contributed by atoms with van der Waals surface area (Å²) in [6.45, 7) is 45.9. The largest absolute Gasteiger partial charge is 0.511 e. The van der Waals surface area contributed by atoms with Gasteiger partial charge in [0.25, 0.3) is 0 Å². The van der Waals surface area contributed by atoms with Crippen molar-refractivity contribution in [1.29, 1.82) is 0 Å². The molecule has 0 aromatic rings. The molecular formula is C61H107N5O5. The number of allylic oxidation sites excluding steroid dienone is 1. The Morgan fingerprint density at radius 3 is 1.66 bits per heavy atom. The predicted octanol–water partition coefficient (Wildman–Crippen LogP) is 11.3. The zero-order valence-corrected chi connectivity index (χ0v) is 47.9. The molecule has 7 aliphatic heterocycles. The molecule has 11 rings (SSSR count). The van der Waals surface area contributed by atoms with Crippen LogP contribution in [0.1, 0.15) is 179 Å². The predicted molar refractivity (Wildman–Crippen MR) is 292 cm³/mol. The number of methoxy groups -OCH3 is 1. The summed E-state index contributed by atoms with van der Waals surface area (Å²) < 4.78 is 5.00. The molecule has 0 aromatic carbocycles. The molecule has 6 atom stereocenters. The van der Waals surface area contributed by atoms with Gasteiger partial charge >= 0.3 is 5.97 Å². The number of hydrogen-bond donors (Lipinski definition) is 1. The molecule has 11 aliphatic rings. The number of esters is 1. The van der Waals surface area contributed by atoms with E-state index in [9.17, 15) is 19.5 Å². The number of Topliss-reactive ketones (excluding diaryl/α,β-unsaturated/α-hetero) is 2. The molecule has 0 amide bonds. The van der Waals surface area contributed by atoms with E-state index < -0.39 is 0 Å². The van der Waals surface area contributed by atoms with Crippen LogP contribution in [0.4, 0.5) is 0 Å². The number of aliphatic hydroxyl groups is 1. The third-order valence-corrected chi connectivity index (χ3v) is 18.9. The molecule has 1 N–H and O–H groups in total. The first-order chi connectivity index (χ1) is 33.4. The molecule has 10 nitrogen and oxygen atoms in total. The molecule has 0 aromatic heterocycles. The molecule has 6 unspecified atom stereocenters. The van der Waals surface area contributed by atoms with Crippen LogP contribution in [0.5, 0.6) is 0 Å². The summed E-state index contributed by atoms with van der Waals surface area (Å²) in [6, 6.07) is 2.59. The maximum absolute atomic E-state index is 11.9. The van der Waals surface area contributed by atoms with Crippen molar-refractivity contribution < 1.29 is 24.2 Å². The van der Waals surface area contributed by atoms with Gasteiger partial charge < -0.3 is 14.7 Å². The fourth-order valence-corrected chi connectivity index (χ4v) is 16.2. The molecule has 4 saturated carbocycles. The molecule has 1 spiro atoms. The van der Waals surface area contributed by atoms with Crippen LogP contribution in [-0.2, 0) is 19.1 Å². The van der Waals surface area contributed by atoms with Gasteiger partial charge in [0.1, 0.15) is 17.3 Å². The molecule has 0 radical (unpaired) electrons. The van der Waals surface area contributed by atoms with Gasteiger partial charge in [-0.2, -0.15) is 0 Å². The Morgan fingerprint density at radius 1 is 0.648 bits per heavy atom. The number of aliphatic hydroxyl groups excluding tert-OH is 1. The van der Waals surface area contributed by atoms with Gasteiger partial charge in [-0.25, -0.2) is 0 Å². The molecule has 406 valence electrons. The smallest absolute Gasteiger partial charge is 0.313 e. The van der Waals surface area contributed by atoms with Crippen molar-refractivity contribution in [3.8, 4) is 0 Å². The van der Waals surface area contributed by atoms with Crippen molar-refractivity contribution in [2.24, 2.45) is 64.1 Å². The number of fused-ring (bicyclic) bond motifs is 9. The van der Waals surface area contributed by atoms with E-state index in [2.05, 4.69) is 107 Å². The fraction of sp³-hybridized carbons (Fsp3) is 0.885. The second-order valence-corrected chi connectivity index (χ2v) is 27.4. The van der Waals surface area contributed by atoms with Crippen molar-refractivity contribution in [2.75, 3.05) is 72.6 Å². The van der Waals surface area contributed by atoms with Gasteiger partial charge in [0.15, 0.2) is 0 Å². The molecule has 7 heterocycles. The highest BCUT2D eigenvalue weighted by Gasteiger charge is 2.54. The number of ether oxygens (including phenoxy) is 1. The first-order valence-corrected chi connectivity index (χ1v) is 29.3. The highest BCUT2D eigenvalue weighted by molar-refractivity contribution is 5.80. The van der Waals surface area contributed by atoms with Crippen molar-refractivity contribution in [3.05, 3.63) is 24.5 Å². The highest BCUT2D eigenvalue weighted by atomic mass is 16.5. The van der Waals surface area contributed by atoms with Gasteiger partial charge in [-0.05, 0) is 157 Å². The topological polar surface area (TPSA) is 96.9 Å². The van der Waals surface area contributed by atoms with Crippen molar-refractivity contribution in [3.63, 3.8) is 0 Å². The Kier molecular flexibility index (Phi) is 20.2. The van der Waals surface area contributed by atoms with E-state index in [1.165, 1.54) is 123 Å². The number of carbonyl (C=O) groups excluding carboxylic acids is 3. The minimum atomic E-state index is -0.182. The highest BCUT2D eigenvalue weighted by Crippen LogP contribution is 2.51. The molecular weight excluding hydrogens is 883 g/mol. The van der Waals surface area contributed by atoms with Gasteiger partial charge in [-0.3, -0.25) is 34.0 Å². The van der Waals surface area contributed by atoms with Gasteiger partial charge in [-0.1, -0.05) is 88.0 Å². The quantitative estimate of drug-likeness (QED) is 0.103. The van der Waals surface area contributed by atoms with Crippen LogP contribution in [0, 0.1) is 64.1 Å². The zero-order chi connectivity index (χ0) is 52.2. The first kappa shape index (κ1) is 58.2. The fourth-order valence-electron chi connectivity index (χ4n) is 16.2. The number of carbonyl (C=O) groups is 3. The monoisotopic (exact) mass is 990 g/mol. The normalized spacial score (nSPS) is 34.6.